The maximum absolute atomic E-state index is 12.9. The van der Waals surface area contributed by atoms with E-state index in [0.717, 1.165) is 18.2 Å². The number of para-hydroxylation sites is 1. The zero-order valence-electron chi connectivity index (χ0n) is 14.3. The largest absolute Gasteiger partial charge is 0.452 e. The molecule has 0 bridgehead atoms. The van der Waals surface area contributed by atoms with Crippen molar-refractivity contribution in [2.24, 2.45) is 7.05 Å². The van der Waals surface area contributed by atoms with Crippen LogP contribution in [0.1, 0.15) is 16.8 Å². The molecule has 0 unspecified atom stereocenters. The minimum atomic E-state index is -4.62. The van der Waals surface area contributed by atoms with Crippen molar-refractivity contribution in [3.63, 3.8) is 0 Å². The van der Waals surface area contributed by atoms with Crippen molar-refractivity contribution >= 4 is 35.2 Å². The molecule has 1 aromatic heterocycles. The lowest BCUT2D eigenvalue weighted by atomic mass is 10.1. The summed E-state index contributed by atoms with van der Waals surface area (Å²) in [5, 5.41) is 6.45. The van der Waals surface area contributed by atoms with E-state index in [1.165, 1.54) is 22.9 Å². The third kappa shape index (κ3) is 5.33. The first-order chi connectivity index (χ1) is 12.6. The summed E-state index contributed by atoms with van der Waals surface area (Å²) in [4.78, 5) is 23.5. The molecule has 1 amide bonds. The number of aromatic nitrogens is 2. The number of amides is 1. The zero-order chi connectivity index (χ0) is 20.2. The van der Waals surface area contributed by atoms with E-state index in [1.807, 2.05) is 0 Å². The smallest absolute Gasteiger partial charge is 0.418 e. The van der Waals surface area contributed by atoms with E-state index in [0.29, 0.717) is 16.4 Å². The molecule has 0 aliphatic heterocycles. The fraction of sp³-hybridized carbons (Fsp3) is 0.235. The van der Waals surface area contributed by atoms with Crippen LogP contribution in [-0.4, -0.2) is 28.3 Å². The number of nitrogens with zero attached hydrogens (tertiary/aromatic N) is 2. The number of halogens is 4. The number of ether oxygens (including phenoxy) is 1. The van der Waals surface area contributed by atoms with Gasteiger partial charge in [-0.05, 0) is 25.1 Å². The van der Waals surface area contributed by atoms with Gasteiger partial charge in [0.2, 0.25) is 0 Å². The van der Waals surface area contributed by atoms with Crippen molar-refractivity contribution in [1.29, 1.82) is 0 Å². The van der Waals surface area contributed by atoms with E-state index < -0.39 is 35.9 Å². The lowest BCUT2D eigenvalue weighted by Gasteiger charge is -2.13. The van der Waals surface area contributed by atoms with Crippen molar-refractivity contribution in [3.8, 4) is 0 Å². The number of rotatable bonds is 5. The summed E-state index contributed by atoms with van der Waals surface area (Å²) in [6, 6.07) is 4.49. The fourth-order valence-electron chi connectivity index (χ4n) is 2.20. The normalized spacial score (nSPS) is 11.6. The van der Waals surface area contributed by atoms with Crippen molar-refractivity contribution in [2.75, 3.05) is 11.9 Å². The Kier molecular flexibility index (Phi) is 6.27. The van der Waals surface area contributed by atoms with Gasteiger partial charge >= 0.3 is 12.1 Å². The summed E-state index contributed by atoms with van der Waals surface area (Å²) in [6.07, 6.45) is -2.19. The molecule has 144 valence electrons. The van der Waals surface area contributed by atoms with Gasteiger partial charge < -0.3 is 10.1 Å². The van der Waals surface area contributed by atoms with Crippen LogP contribution in [0.2, 0.25) is 5.15 Å². The topological polar surface area (TPSA) is 73.2 Å². The number of carbonyl (C=O) groups is 2. The second kappa shape index (κ2) is 8.26. The average molecular weight is 402 g/mol. The number of benzene rings is 1. The monoisotopic (exact) mass is 401 g/mol. The molecule has 1 N–H and O–H groups in total. The highest BCUT2D eigenvalue weighted by atomic mass is 35.5. The van der Waals surface area contributed by atoms with Gasteiger partial charge in [-0.15, -0.1) is 0 Å². The summed E-state index contributed by atoms with van der Waals surface area (Å²) in [7, 11) is 1.63. The van der Waals surface area contributed by atoms with Gasteiger partial charge in [0.25, 0.3) is 5.91 Å². The van der Waals surface area contributed by atoms with Gasteiger partial charge in [-0.25, -0.2) is 4.79 Å². The van der Waals surface area contributed by atoms with Gasteiger partial charge in [0.05, 0.1) is 16.9 Å². The number of alkyl halides is 3. The standard InChI is InChI=1S/C17H15ClF3N3O3/c1-10-11(16(18)24(2)23-10)7-8-15(26)27-9-14(25)22-13-6-4-3-5-12(13)17(19,20)21/h3-8H,9H2,1-2H3,(H,22,25)/b8-7+. The van der Waals surface area contributed by atoms with Gasteiger partial charge in [-0.1, -0.05) is 23.7 Å². The first-order valence-corrected chi connectivity index (χ1v) is 7.97. The minimum absolute atomic E-state index is 0.318. The molecule has 0 aliphatic carbocycles. The molecule has 2 rings (SSSR count). The van der Waals surface area contributed by atoms with E-state index in [-0.39, 0.29) is 0 Å². The molecule has 1 heterocycles. The van der Waals surface area contributed by atoms with E-state index in [1.54, 1.807) is 14.0 Å². The third-order valence-corrected chi connectivity index (χ3v) is 3.88. The summed E-state index contributed by atoms with van der Waals surface area (Å²) in [5.74, 6) is -1.75. The van der Waals surface area contributed by atoms with Gasteiger partial charge in [-0.3, -0.25) is 9.48 Å². The Morgan fingerprint density at radius 3 is 2.59 bits per heavy atom. The first kappa shape index (κ1) is 20.5. The average Bonchev–Trinajstić information content (AvgIpc) is 2.83. The molecule has 2 aromatic rings. The predicted molar refractivity (Wildman–Crippen MR) is 93.0 cm³/mol. The van der Waals surface area contributed by atoms with Crippen molar-refractivity contribution in [2.45, 2.75) is 13.1 Å². The fourth-order valence-corrected chi connectivity index (χ4v) is 2.44. The molecule has 0 saturated heterocycles. The Balaban J connectivity index is 1.94. The highest BCUT2D eigenvalue weighted by molar-refractivity contribution is 6.31. The van der Waals surface area contributed by atoms with Crippen LogP contribution < -0.4 is 5.32 Å². The summed E-state index contributed by atoms with van der Waals surface area (Å²) >= 11 is 6.01. The lowest BCUT2D eigenvalue weighted by Crippen LogP contribution is -2.22. The Morgan fingerprint density at radius 1 is 1.33 bits per heavy atom. The quantitative estimate of drug-likeness (QED) is 0.613. The Labute approximate surface area is 157 Å². The van der Waals surface area contributed by atoms with Crippen LogP contribution in [0, 0.1) is 6.92 Å². The molecular weight excluding hydrogens is 387 g/mol. The molecule has 10 heteroatoms. The van der Waals surface area contributed by atoms with Crippen LogP contribution in [0.4, 0.5) is 18.9 Å². The van der Waals surface area contributed by atoms with Crippen LogP contribution in [0.3, 0.4) is 0 Å². The maximum Gasteiger partial charge on any atom is 0.418 e. The van der Waals surface area contributed by atoms with Gasteiger partial charge in [-0.2, -0.15) is 18.3 Å². The number of nitrogens with one attached hydrogen (secondary N) is 1. The van der Waals surface area contributed by atoms with Crippen LogP contribution in [0.5, 0.6) is 0 Å². The molecule has 6 nitrogen and oxygen atoms in total. The number of carbonyl (C=O) groups excluding carboxylic acids is 2. The lowest BCUT2D eigenvalue weighted by molar-refractivity contribution is -0.142. The van der Waals surface area contributed by atoms with E-state index in [9.17, 15) is 22.8 Å². The van der Waals surface area contributed by atoms with Crippen LogP contribution in [0.15, 0.2) is 30.3 Å². The molecular formula is C17H15ClF3N3O3. The summed E-state index contributed by atoms with van der Waals surface area (Å²) in [6.45, 7) is 0.956. The molecule has 0 radical (unpaired) electrons. The van der Waals surface area contributed by atoms with Crippen molar-refractivity contribution in [3.05, 3.63) is 52.3 Å². The summed E-state index contributed by atoms with van der Waals surface area (Å²) in [5.41, 5.74) is -0.307. The molecule has 0 spiro atoms. The number of hydrogen-bond donors (Lipinski definition) is 1. The minimum Gasteiger partial charge on any atom is -0.452 e. The Morgan fingerprint density at radius 2 is 2.00 bits per heavy atom. The van der Waals surface area contributed by atoms with Gasteiger partial charge in [0, 0.05) is 18.7 Å². The van der Waals surface area contributed by atoms with Crippen LogP contribution >= 0.6 is 11.6 Å². The highest BCUT2D eigenvalue weighted by Crippen LogP contribution is 2.34. The van der Waals surface area contributed by atoms with Crippen molar-refractivity contribution in [1.82, 2.24) is 9.78 Å². The second-order valence-corrected chi connectivity index (χ2v) is 5.80. The molecule has 0 aliphatic rings. The van der Waals surface area contributed by atoms with Gasteiger partial charge in [0.1, 0.15) is 5.15 Å². The maximum atomic E-state index is 12.9. The van der Waals surface area contributed by atoms with Gasteiger partial charge in [0.15, 0.2) is 6.61 Å². The first-order valence-electron chi connectivity index (χ1n) is 7.59. The third-order valence-electron chi connectivity index (χ3n) is 3.43. The van der Waals surface area contributed by atoms with E-state index in [2.05, 4.69) is 10.4 Å². The summed E-state index contributed by atoms with van der Waals surface area (Å²) < 4.78 is 44.8. The van der Waals surface area contributed by atoms with Crippen LogP contribution in [-0.2, 0) is 27.5 Å². The SMILES string of the molecule is Cc1nn(C)c(Cl)c1/C=C/C(=O)OCC(=O)Nc1ccccc1C(F)(F)F. The highest BCUT2D eigenvalue weighted by Gasteiger charge is 2.33. The second-order valence-electron chi connectivity index (χ2n) is 5.45. The van der Waals surface area contributed by atoms with Crippen molar-refractivity contribution < 1.29 is 27.5 Å². The number of esters is 1. The molecule has 0 saturated carbocycles. The number of anilines is 1. The Bertz CT molecular complexity index is 891. The number of aryl methyl sites for hydroxylation is 2. The molecule has 27 heavy (non-hydrogen) atoms. The zero-order valence-corrected chi connectivity index (χ0v) is 15.1. The molecule has 0 atom stereocenters. The Hall–Kier alpha value is -2.81. The predicted octanol–water partition coefficient (Wildman–Crippen LogP) is 3.60. The number of hydrogen-bond acceptors (Lipinski definition) is 4. The van der Waals surface area contributed by atoms with E-state index >= 15 is 0 Å². The van der Waals surface area contributed by atoms with E-state index in [4.69, 9.17) is 16.3 Å². The van der Waals surface area contributed by atoms with Crippen LogP contribution in [0.25, 0.3) is 6.08 Å². The molecule has 1 aromatic carbocycles. The molecule has 0 fully saturated rings.